The second-order valence-electron chi connectivity index (χ2n) is 5.63. The van der Waals surface area contributed by atoms with Crippen molar-refractivity contribution in [1.82, 2.24) is 10.2 Å². The monoisotopic (exact) mass is 300 g/mol. The number of nitrogens with zero attached hydrogens (tertiary/aromatic N) is 3. The van der Waals surface area contributed by atoms with Gasteiger partial charge in [0.1, 0.15) is 0 Å². The van der Waals surface area contributed by atoms with E-state index in [1.54, 1.807) is 4.90 Å². The van der Waals surface area contributed by atoms with Gasteiger partial charge in [-0.3, -0.25) is 14.5 Å². The lowest BCUT2D eigenvalue weighted by Crippen LogP contribution is -2.40. The Balaban J connectivity index is 1.61. The molecular weight excluding hydrogens is 276 g/mol. The van der Waals surface area contributed by atoms with E-state index in [-0.39, 0.29) is 12.1 Å². The molecule has 5 nitrogen and oxygen atoms in total. The van der Waals surface area contributed by atoms with Crippen LogP contribution in [0.2, 0.25) is 0 Å². The van der Waals surface area contributed by atoms with Crippen molar-refractivity contribution < 1.29 is 4.79 Å². The molecule has 22 heavy (non-hydrogen) atoms. The third kappa shape index (κ3) is 4.47. The average Bonchev–Trinajstić information content (AvgIpc) is 3.03. The molecule has 118 valence electrons. The van der Waals surface area contributed by atoms with Crippen molar-refractivity contribution in [3.8, 4) is 0 Å². The number of anilines is 1. The summed E-state index contributed by atoms with van der Waals surface area (Å²) in [5.74, 6) is 0.0508. The molecule has 1 atom stereocenters. The molecule has 1 aliphatic rings. The zero-order valence-corrected chi connectivity index (χ0v) is 13.2. The van der Waals surface area contributed by atoms with Gasteiger partial charge in [0.25, 0.3) is 0 Å². The zero-order valence-electron chi connectivity index (χ0n) is 13.2. The van der Waals surface area contributed by atoms with E-state index in [9.17, 15) is 4.79 Å². The van der Waals surface area contributed by atoms with Gasteiger partial charge in [0.2, 0.25) is 5.91 Å². The minimum absolute atomic E-state index is 0.0508. The predicted octanol–water partition coefficient (Wildman–Crippen LogP) is 1.97. The second kappa shape index (κ2) is 8.40. The molecule has 1 aromatic carbocycles. The first-order valence-corrected chi connectivity index (χ1v) is 7.85. The Morgan fingerprint density at radius 3 is 2.95 bits per heavy atom. The van der Waals surface area contributed by atoms with Gasteiger partial charge in [-0.1, -0.05) is 18.2 Å². The lowest BCUT2D eigenvalue weighted by atomic mass is 10.3. The molecule has 5 heteroatoms. The van der Waals surface area contributed by atoms with Crippen LogP contribution in [0, 0.1) is 6.57 Å². The molecule has 1 N–H and O–H groups in total. The van der Waals surface area contributed by atoms with Gasteiger partial charge < -0.3 is 10.2 Å². The largest absolute Gasteiger partial charge is 0.375 e. The normalized spacial score (nSPS) is 17.3. The van der Waals surface area contributed by atoms with Crippen molar-refractivity contribution in [2.45, 2.75) is 25.4 Å². The minimum Gasteiger partial charge on any atom is -0.375 e. The van der Waals surface area contributed by atoms with Gasteiger partial charge >= 0.3 is 6.17 Å². The first-order valence-electron chi connectivity index (χ1n) is 7.85. The van der Waals surface area contributed by atoms with Gasteiger partial charge in [0, 0.05) is 32.2 Å². The van der Waals surface area contributed by atoms with Crippen LogP contribution in [0.3, 0.4) is 0 Å². The molecule has 1 saturated heterocycles. The van der Waals surface area contributed by atoms with Crippen molar-refractivity contribution in [3.05, 3.63) is 41.7 Å². The van der Waals surface area contributed by atoms with E-state index in [1.165, 1.54) is 5.69 Å². The predicted molar refractivity (Wildman–Crippen MR) is 88.5 cm³/mol. The maximum atomic E-state index is 12.0. The van der Waals surface area contributed by atoms with Gasteiger partial charge in [0.05, 0.1) is 6.54 Å². The average molecular weight is 300 g/mol. The van der Waals surface area contributed by atoms with Crippen LogP contribution in [0.4, 0.5) is 5.69 Å². The SMILES string of the molecule is [C-]#[N+][C@@H]1CCCN1C(=O)CNCCCN(C)c1ccccc1. The number of carbonyl (C=O) groups excluding carboxylic acids is 1. The van der Waals surface area contributed by atoms with E-state index in [2.05, 4.69) is 34.2 Å². The molecule has 0 unspecified atom stereocenters. The molecule has 1 fully saturated rings. The number of carbonyl (C=O) groups is 1. The number of rotatable bonds is 7. The van der Waals surface area contributed by atoms with Gasteiger partial charge in [-0.15, -0.1) is 0 Å². The van der Waals surface area contributed by atoms with Crippen molar-refractivity contribution in [1.29, 1.82) is 0 Å². The van der Waals surface area contributed by atoms with Crippen LogP contribution >= 0.6 is 0 Å². The Hall–Kier alpha value is -2.06. The highest BCUT2D eigenvalue weighted by Crippen LogP contribution is 2.17. The zero-order chi connectivity index (χ0) is 15.8. The lowest BCUT2D eigenvalue weighted by Gasteiger charge is -2.19. The van der Waals surface area contributed by atoms with E-state index < -0.39 is 0 Å². The highest BCUT2D eigenvalue weighted by Gasteiger charge is 2.32. The summed E-state index contributed by atoms with van der Waals surface area (Å²) in [5, 5.41) is 3.19. The fourth-order valence-corrected chi connectivity index (χ4v) is 2.72. The summed E-state index contributed by atoms with van der Waals surface area (Å²) in [6.07, 6.45) is 2.50. The fraction of sp³-hybridized carbons (Fsp3) is 0.529. The van der Waals surface area contributed by atoms with E-state index >= 15 is 0 Å². The highest BCUT2D eigenvalue weighted by atomic mass is 16.2. The number of hydrogen-bond acceptors (Lipinski definition) is 3. The molecule has 2 rings (SSSR count). The standard InChI is InChI=1S/C17H24N4O/c1-18-16-10-6-13-21(16)17(22)14-19-11-7-12-20(2)15-8-4-3-5-9-15/h3-5,8-9,16,19H,6-7,10-14H2,2H3/t16-/m0/s1. The smallest absolute Gasteiger partial charge is 0.300 e. The molecule has 0 aliphatic carbocycles. The number of benzene rings is 1. The summed E-state index contributed by atoms with van der Waals surface area (Å²) in [7, 11) is 2.07. The van der Waals surface area contributed by atoms with Crippen LogP contribution in [-0.4, -0.2) is 50.2 Å². The molecule has 1 heterocycles. The summed E-state index contributed by atoms with van der Waals surface area (Å²) < 4.78 is 0. The maximum absolute atomic E-state index is 12.0. The Morgan fingerprint density at radius 2 is 2.23 bits per heavy atom. The van der Waals surface area contributed by atoms with Crippen LogP contribution in [0.15, 0.2) is 30.3 Å². The fourth-order valence-electron chi connectivity index (χ4n) is 2.72. The van der Waals surface area contributed by atoms with E-state index in [0.717, 1.165) is 38.9 Å². The van der Waals surface area contributed by atoms with E-state index in [0.29, 0.717) is 6.54 Å². The van der Waals surface area contributed by atoms with Crippen LogP contribution in [0.5, 0.6) is 0 Å². The van der Waals surface area contributed by atoms with Gasteiger partial charge in [0.15, 0.2) is 0 Å². The summed E-state index contributed by atoms with van der Waals surface area (Å²) in [6, 6.07) is 10.3. The van der Waals surface area contributed by atoms with Crippen molar-refractivity contribution >= 4 is 11.6 Å². The van der Waals surface area contributed by atoms with Crippen molar-refractivity contribution in [3.63, 3.8) is 0 Å². The molecule has 0 radical (unpaired) electrons. The number of para-hydroxylation sites is 1. The molecule has 1 aromatic rings. The lowest BCUT2D eigenvalue weighted by molar-refractivity contribution is -0.130. The third-order valence-corrected chi connectivity index (χ3v) is 4.01. The van der Waals surface area contributed by atoms with Gasteiger partial charge in [-0.2, -0.15) is 0 Å². The quantitative estimate of drug-likeness (QED) is 0.618. The first-order chi connectivity index (χ1) is 10.7. The third-order valence-electron chi connectivity index (χ3n) is 4.01. The second-order valence-corrected chi connectivity index (χ2v) is 5.63. The summed E-state index contributed by atoms with van der Waals surface area (Å²) in [6.45, 7) is 9.91. The van der Waals surface area contributed by atoms with Gasteiger partial charge in [-0.05, 0) is 31.5 Å². The summed E-state index contributed by atoms with van der Waals surface area (Å²) >= 11 is 0. The van der Waals surface area contributed by atoms with Crippen LogP contribution in [-0.2, 0) is 4.79 Å². The van der Waals surface area contributed by atoms with Crippen molar-refractivity contribution in [2.24, 2.45) is 0 Å². The number of amides is 1. The molecule has 0 bridgehead atoms. The maximum Gasteiger partial charge on any atom is 0.300 e. The Bertz CT molecular complexity index is 511. The Kier molecular flexibility index (Phi) is 6.23. The molecule has 0 aromatic heterocycles. The summed E-state index contributed by atoms with van der Waals surface area (Å²) in [4.78, 5) is 19.5. The molecule has 0 spiro atoms. The number of hydrogen-bond donors (Lipinski definition) is 1. The molecular formula is C17H24N4O. The van der Waals surface area contributed by atoms with Crippen LogP contribution in [0.25, 0.3) is 4.85 Å². The molecule has 1 amide bonds. The minimum atomic E-state index is -0.237. The van der Waals surface area contributed by atoms with E-state index in [4.69, 9.17) is 6.57 Å². The van der Waals surface area contributed by atoms with Gasteiger partial charge in [-0.25, -0.2) is 6.57 Å². The first kappa shape index (κ1) is 16.3. The molecule has 1 aliphatic heterocycles. The molecule has 0 saturated carbocycles. The Morgan fingerprint density at radius 1 is 1.45 bits per heavy atom. The number of nitrogens with one attached hydrogen (secondary N) is 1. The Labute approximate surface area is 132 Å². The highest BCUT2D eigenvalue weighted by molar-refractivity contribution is 5.79. The van der Waals surface area contributed by atoms with E-state index in [1.807, 2.05) is 18.2 Å². The summed E-state index contributed by atoms with van der Waals surface area (Å²) in [5.41, 5.74) is 1.20. The van der Waals surface area contributed by atoms with Crippen LogP contribution in [0.1, 0.15) is 19.3 Å². The van der Waals surface area contributed by atoms with Crippen molar-refractivity contribution in [2.75, 3.05) is 38.1 Å². The topological polar surface area (TPSA) is 39.9 Å². The van der Waals surface area contributed by atoms with Crippen LogP contribution < -0.4 is 10.2 Å². The number of likely N-dealkylation sites (tertiary alicyclic amines) is 1.